The molecule has 78 valence electrons. The molecule has 0 unspecified atom stereocenters. The van der Waals surface area contributed by atoms with Crippen LogP contribution in [0.2, 0.25) is 0 Å². The maximum absolute atomic E-state index is 9.21. The molecule has 0 amide bonds. The van der Waals surface area contributed by atoms with E-state index in [4.69, 9.17) is 4.52 Å². The molecule has 1 N–H and O–H groups in total. The number of aliphatic hydroxyl groups is 1. The topological polar surface area (TPSA) is 46.3 Å². The predicted octanol–water partition coefficient (Wildman–Crippen LogP) is 2.90. The van der Waals surface area contributed by atoms with Crippen molar-refractivity contribution in [1.82, 2.24) is 5.16 Å². The Bertz CT molecular complexity index is 479. The number of aryl methyl sites for hydroxylation is 1. The van der Waals surface area contributed by atoms with Gasteiger partial charge < -0.3 is 9.63 Å². The van der Waals surface area contributed by atoms with Gasteiger partial charge in [-0.2, -0.15) is 0 Å². The predicted molar refractivity (Wildman–Crippen MR) is 60.3 cm³/mol. The number of aliphatic hydroxyl groups excluding tert-OH is 1. The molecule has 4 heteroatoms. The first kappa shape index (κ1) is 10.4. The SMILES string of the molecule is Cc1onc(-c2cccc(Br)c2)c1CO. The maximum atomic E-state index is 9.21. The van der Waals surface area contributed by atoms with Crippen LogP contribution in [-0.2, 0) is 6.61 Å². The molecule has 3 nitrogen and oxygen atoms in total. The summed E-state index contributed by atoms with van der Waals surface area (Å²) in [6.07, 6.45) is 0. The van der Waals surface area contributed by atoms with Crippen LogP contribution in [0.15, 0.2) is 33.3 Å². The lowest BCUT2D eigenvalue weighted by atomic mass is 10.1. The van der Waals surface area contributed by atoms with Gasteiger partial charge in [-0.15, -0.1) is 0 Å². The molecule has 0 aliphatic rings. The molecule has 1 aromatic heterocycles. The third kappa shape index (κ3) is 1.96. The summed E-state index contributed by atoms with van der Waals surface area (Å²) in [6.45, 7) is 1.73. The number of rotatable bonds is 2. The zero-order chi connectivity index (χ0) is 10.8. The molecular weight excluding hydrogens is 258 g/mol. The van der Waals surface area contributed by atoms with Crippen LogP contribution in [0.25, 0.3) is 11.3 Å². The van der Waals surface area contributed by atoms with E-state index in [2.05, 4.69) is 21.1 Å². The van der Waals surface area contributed by atoms with Crippen molar-refractivity contribution in [2.45, 2.75) is 13.5 Å². The molecule has 1 heterocycles. The van der Waals surface area contributed by atoms with Gasteiger partial charge in [0.15, 0.2) is 0 Å². The third-order valence-corrected chi connectivity index (χ3v) is 2.73. The molecule has 0 atom stereocenters. The second-order valence-corrected chi connectivity index (χ2v) is 4.15. The van der Waals surface area contributed by atoms with Gasteiger partial charge in [0.1, 0.15) is 11.5 Å². The number of aromatic nitrogens is 1. The quantitative estimate of drug-likeness (QED) is 0.910. The van der Waals surface area contributed by atoms with E-state index < -0.39 is 0 Å². The van der Waals surface area contributed by atoms with Crippen molar-refractivity contribution in [3.8, 4) is 11.3 Å². The molecule has 15 heavy (non-hydrogen) atoms. The normalized spacial score (nSPS) is 10.6. The Morgan fingerprint density at radius 2 is 2.27 bits per heavy atom. The number of hydrogen-bond donors (Lipinski definition) is 1. The van der Waals surface area contributed by atoms with Crippen LogP contribution in [-0.4, -0.2) is 10.3 Å². The summed E-state index contributed by atoms with van der Waals surface area (Å²) in [5, 5.41) is 13.1. The van der Waals surface area contributed by atoms with Crippen molar-refractivity contribution in [2.75, 3.05) is 0 Å². The van der Waals surface area contributed by atoms with Gasteiger partial charge in [-0.05, 0) is 19.1 Å². The minimum absolute atomic E-state index is 0.0584. The van der Waals surface area contributed by atoms with Crippen molar-refractivity contribution in [2.24, 2.45) is 0 Å². The highest BCUT2D eigenvalue weighted by atomic mass is 79.9. The largest absolute Gasteiger partial charge is 0.391 e. The zero-order valence-electron chi connectivity index (χ0n) is 8.20. The molecule has 2 aromatic rings. The molecule has 0 spiro atoms. The van der Waals surface area contributed by atoms with Gasteiger partial charge in [0, 0.05) is 15.6 Å². The Morgan fingerprint density at radius 3 is 2.93 bits per heavy atom. The molecule has 0 aliphatic heterocycles. The highest BCUT2D eigenvalue weighted by Gasteiger charge is 2.13. The monoisotopic (exact) mass is 267 g/mol. The molecule has 0 saturated heterocycles. The summed E-state index contributed by atoms with van der Waals surface area (Å²) >= 11 is 3.39. The van der Waals surface area contributed by atoms with Crippen LogP contribution in [0.3, 0.4) is 0 Å². The molecule has 0 saturated carbocycles. The van der Waals surface area contributed by atoms with Gasteiger partial charge in [0.05, 0.1) is 6.61 Å². The highest BCUT2D eigenvalue weighted by molar-refractivity contribution is 9.10. The number of hydrogen-bond acceptors (Lipinski definition) is 3. The van der Waals surface area contributed by atoms with Crippen LogP contribution in [0.1, 0.15) is 11.3 Å². The van der Waals surface area contributed by atoms with Gasteiger partial charge in [-0.1, -0.05) is 33.2 Å². The minimum Gasteiger partial charge on any atom is -0.391 e. The molecule has 0 radical (unpaired) electrons. The molecular formula is C11H10BrNO2. The van der Waals surface area contributed by atoms with E-state index in [-0.39, 0.29) is 6.61 Å². The van der Waals surface area contributed by atoms with E-state index in [9.17, 15) is 5.11 Å². The molecule has 2 rings (SSSR count). The summed E-state index contributed by atoms with van der Waals surface area (Å²) in [5.74, 6) is 0.660. The smallest absolute Gasteiger partial charge is 0.139 e. The van der Waals surface area contributed by atoms with Gasteiger partial charge in [0.2, 0.25) is 0 Å². The van der Waals surface area contributed by atoms with Crippen molar-refractivity contribution < 1.29 is 9.63 Å². The highest BCUT2D eigenvalue weighted by Crippen LogP contribution is 2.27. The molecule has 0 fully saturated rings. The Kier molecular flexibility index (Phi) is 2.88. The van der Waals surface area contributed by atoms with Crippen LogP contribution in [0.4, 0.5) is 0 Å². The van der Waals surface area contributed by atoms with Crippen molar-refractivity contribution in [3.05, 3.63) is 40.1 Å². The van der Waals surface area contributed by atoms with Crippen molar-refractivity contribution in [3.63, 3.8) is 0 Å². The lowest BCUT2D eigenvalue weighted by molar-refractivity contribution is 0.278. The fourth-order valence-electron chi connectivity index (χ4n) is 1.44. The summed E-state index contributed by atoms with van der Waals surface area (Å²) in [7, 11) is 0. The minimum atomic E-state index is -0.0584. The number of nitrogens with zero attached hydrogens (tertiary/aromatic N) is 1. The molecule has 0 aliphatic carbocycles. The van der Waals surface area contributed by atoms with Crippen LogP contribution in [0, 0.1) is 6.92 Å². The first-order valence-electron chi connectivity index (χ1n) is 4.54. The van der Waals surface area contributed by atoms with Crippen LogP contribution in [0.5, 0.6) is 0 Å². The van der Waals surface area contributed by atoms with E-state index in [1.807, 2.05) is 24.3 Å². The lowest BCUT2D eigenvalue weighted by Gasteiger charge is -1.99. The lowest BCUT2D eigenvalue weighted by Crippen LogP contribution is -1.88. The van der Waals surface area contributed by atoms with Crippen LogP contribution < -0.4 is 0 Å². The first-order chi connectivity index (χ1) is 7.22. The maximum Gasteiger partial charge on any atom is 0.139 e. The summed E-state index contributed by atoms with van der Waals surface area (Å²) < 4.78 is 6.03. The molecule has 1 aromatic carbocycles. The second-order valence-electron chi connectivity index (χ2n) is 3.23. The Labute approximate surface area is 95.8 Å². The Morgan fingerprint density at radius 1 is 1.47 bits per heavy atom. The van der Waals surface area contributed by atoms with Gasteiger partial charge >= 0.3 is 0 Å². The van der Waals surface area contributed by atoms with E-state index in [1.54, 1.807) is 6.92 Å². The van der Waals surface area contributed by atoms with Gasteiger partial charge in [-0.25, -0.2) is 0 Å². The first-order valence-corrected chi connectivity index (χ1v) is 5.33. The van der Waals surface area contributed by atoms with E-state index in [0.717, 1.165) is 15.6 Å². The fraction of sp³-hybridized carbons (Fsp3) is 0.182. The van der Waals surface area contributed by atoms with Crippen molar-refractivity contribution in [1.29, 1.82) is 0 Å². The molecule has 0 bridgehead atoms. The van der Waals surface area contributed by atoms with Gasteiger partial charge in [-0.3, -0.25) is 0 Å². The second kappa shape index (κ2) is 4.16. The standard InChI is InChI=1S/C11H10BrNO2/c1-7-10(6-14)11(13-15-7)8-3-2-4-9(12)5-8/h2-5,14H,6H2,1H3. The van der Waals surface area contributed by atoms with Crippen LogP contribution >= 0.6 is 15.9 Å². The van der Waals surface area contributed by atoms with Crippen molar-refractivity contribution >= 4 is 15.9 Å². The van der Waals surface area contributed by atoms with E-state index >= 15 is 0 Å². The number of benzene rings is 1. The summed E-state index contributed by atoms with van der Waals surface area (Å²) in [4.78, 5) is 0. The summed E-state index contributed by atoms with van der Waals surface area (Å²) in [5.41, 5.74) is 2.38. The average Bonchev–Trinajstić information content (AvgIpc) is 2.59. The third-order valence-electron chi connectivity index (χ3n) is 2.24. The Balaban J connectivity index is 2.54. The van der Waals surface area contributed by atoms with E-state index in [1.165, 1.54) is 0 Å². The zero-order valence-corrected chi connectivity index (χ0v) is 9.78. The summed E-state index contributed by atoms with van der Waals surface area (Å²) in [6, 6.07) is 7.73. The van der Waals surface area contributed by atoms with Gasteiger partial charge in [0.25, 0.3) is 0 Å². The fourth-order valence-corrected chi connectivity index (χ4v) is 1.84. The van der Waals surface area contributed by atoms with E-state index in [0.29, 0.717) is 11.5 Å². The Hall–Kier alpha value is -1.13. The number of halogens is 1. The average molecular weight is 268 g/mol.